The van der Waals surface area contributed by atoms with Gasteiger partial charge in [-0.2, -0.15) is 0 Å². The quantitative estimate of drug-likeness (QED) is 0.308. The van der Waals surface area contributed by atoms with E-state index < -0.39 is 0 Å². The number of aliphatic hydroxyl groups is 1. The molecule has 3 amide bonds. The maximum absolute atomic E-state index is 11.7. The van der Waals surface area contributed by atoms with E-state index in [0.29, 0.717) is 26.1 Å². The maximum Gasteiger partial charge on any atom is 0.314 e. The van der Waals surface area contributed by atoms with Crippen LogP contribution in [0.1, 0.15) is 77.6 Å². The zero-order valence-corrected chi connectivity index (χ0v) is 18.4. The van der Waals surface area contributed by atoms with Crippen LogP contribution in [0.2, 0.25) is 0 Å². The van der Waals surface area contributed by atoms with Crippen molar-refractivity contribution in [2.24, 2.45) is 5.73 Å². The maximum atomic E-state index is 11.7. The number of primary amides is 1. The highest BCUT2D eigenvalue weighted by Gasteiger charge is 2.11. The van der Waals surface area contributed by atoms with Gasteiger partial charge < -0.3 is 26.0 Å². The van der Waals surface area contributed by atoms with Crippen LogP contribution in [0.25, 0.3) is 0 Å². The number of likely N-dealkylation sites (N-methyl/N-ethyl adjacent to an activating group) is 1. The molecule has 7 heteroatoms. The molecule has 0 heterocycles. The van der Waals surface area contributed by atoms with E-state index in [1.165, 1.54) is 0 Å². The monoisotopic (exact) mass is 400 g/mol. The number of rotatable bonds is 18. The number of unbranched alkanes of at least 4 members (excludes halogenated alkanes) is 5. The molecule has 166 valence electrons. The molecule has 0 bridgehead atoms. The fourth-order valence-electron chi connectivity index (χ4n) is 3.07. The van der Waals surface area contributed by atoms with E-state index in [0.717, 1.165) is 70.8 Å². The molecule has 0 aromatic carbocycles. The van der Waals surface area contributed by atoms with Crippen LogP contribution in [-0.2, 0) is 4.79 Å². The zero-order chi connectivity index (χ0) is 21.2. The molecule has 0 radical (unpaired) electrons. The van der Waals surface area contributed by atoms with E-state index in [1.54, 1.807) is 4.90 Å². The second kappa shape index (κ2) is 17.7. The Morgan fingerprint density at radius 1 is 0.929 bits per heavy atom. The highest BCUT2D eigenvalue weighted by Crippen LogP contribution is 2.10. The minimum Gasteiger partial charge on any atom is -0.393 e. The number of hydrogen-bond donors (Lipinski definition) is 3. The third-order valence-electron chi connectivity index (χ3n) is 4.88. The fraction of sp³-hybridized carbons (Fsp3) is 0.905. The van der Waals surface area contributed by atoms with Gasteiger partial charge in [-0.3, -0.25) is 4.79 Å². The lowest BCUT2D eigenvalue weighted by atomic mass is 10.1. The van der Waals surface area contributed by atoms with Gasteiger partial charge in [0, 0.05) is 32.6 Å². The summed E-state index contributed by atoms with van der Waals surface area (Å²) in [5, 5.41) is 12.9. The third kappa shape index (κ3) is 16.8. The van der Waals surface area contributed by atoms with Crippen molar-refractivity contribution in [3.8, 4) is 0 Å². The Kier molecular flexibility index (Phi) is 16.9. The number of nitrogens with zero attached hydrogens (tertiary/aromatic N) is 2. The topological polar surface area (TPSA) is 98.9 Å². The average Bonchev–Trinajstić information content (AvgIpc) is 2.62. The zero-order valence-electron chi connectivity index (χ0n) is 18.4. The second-order valence-corrected chi connectivity index (χ2v) is 7.93. The molecule has 0 saturated carbocycles. The number of urea groups is 1. The molecular formula is C21H44N4O3. The first-order chi connectivity index (χ1) is 13.4. The molecule has 0 aliphatic rings. The van der Waals surface area contributed by atoms with Gasteiger partial charge in [-0.25, -0.2) is 4.79 Å². The molecule has 0 aliphatic heterocycles. The van der Waals surface area contributed by atoms with Crippen molar-refractivity contribution in [1.82, 2.24) is 15.1 Å². The highest BCUT2D eigenvalue weighted by molar-refractivity contribution is 5.75. The number of amides is 3. The molecule has 0 rings (SSSR count). The van der Waals surface area contributed by atoms with Crippen molar-refractivity contribution in [3.05, 3.63) is 0 Å². The van der Waals surface area contributed by atoms with Crippen LogP contribution in [0, 0.1) is 0 Å². The Bertz CT molecular complexity index is 405. The lowest BCUT2D eigenvalue weighted by Gasteiger charge is -2.21. The van der Waals surface area contributed by atoms with Crippen LogP contribution in [0.15, 0.2) is 0 Å². The van der Waals surface area contributed by atoms with E-state index in [9.17, 15) is 14.7 Å². The summed E-state index contributed by atoms with van der Waals surface area (Å²) < 4.78 is 0. The second-order valence-electron chi connectivity index (χ2n) is 7.93. The van der Waals surface area contributed by atoms with Gasteiger partial charge in [0.25, 0.3) is 0 Å². The molecule has 0 spiro atoms. The summed E-state index contributed by atoms with van der Waals surface area (Å²) in [6.07, 6.45) is 9.72. The Balaban J connectivity index is 3.73. The Hall–Kier alpha value is -1.34. The number of carbonyl (C=O) groups excluding carboxylic acids is 2. The van der Waals surface area contributed by atoms with Crippen LogP contribution in [0.4, 0.5) is 4.79 Å². The van der Waals surface area contributed by atoms with E-state index in [1.807, 2.05) is 19.0 Å². The van der Waals surface area contributed by atoms with E-state index in [4.69, 9.17) is 5.73 Å². The minimum atomic E-state index is -0.388. The van der Waals surface area contributed by atoms with Crippen molar-refractivity contribution >= 4 is 11.9 Å². The molecule has 28 heavy (non-hydrogen) atoms. The lowest BCUT2D eigenvalue weighted by Crippen LogP contribution is -2.37. The van der Waals surface area contributed by atoms with Crippen LogP contribution in [0.5, 0.6) is 0 Å². The first kappa shape index (κ1) is 26.7. The summed E-state index contributed by atoms with van der Waals surface area (Å²) in [5.74, 6) is 0.109. The van der Waals surface area contributed by atoms with Gasteiger partial charge in [0.05, 0.1) is 6.10 Å². The third-order valence-corrected chi connectivity index (χ3v) is 4.88. The van der Waals surface area contributed by atoms with Gasteiger partial charge in [0.1, 0.15) is 0 Å². The SMILES string of the molecule is CCCCCC(O)CCCN(CCCCCCC(=O)NCCN(C)C)C(N)=O. The molecule has 1 unspecified atom stereocenters. The Labute approximate surface area is 172 Å². The smallest absolute Gasteiger partial charge is 0.314 e. The molecule has 7 nitrogen and oxygen atoms in total. The summed E-state index contributed by atoms with van der Waals surface area (Å²) in [6.45, 7) is 4.94. The van der Waals surface area contributed by atoms with Gasteiger partial charge in [0.2, 0.25) is 5.91 Å². The molecule has 0 aromatic heterocycles. The predicted molar refractivity (Wildman–Crippen MR) is 115 cm³/mol. The lowest BCUT2D eigenvalue weighted by molar-refractivity contribution is -0.121. The Morgan fingerprint density at radius 3 is 2.21 bits per heavy atom. The number of nitrogens with one attached hydrogen (secondary N) is 1. The van der Waals surface area contributed by atoms with Crippen molar-refractivity contribution in [3.63, 3.8) is 0 Å². The number of hydrogen-bond acceptors (Lipinski definition) is 4. The molecule has 4 N–H and O–H groups in total. The molecule has 0 aliphatic carbocycles. The molecule has 0 fully saturated rings. The Morgan fingerprint density at radius 2 is 1.57 bits per heavy atom. The van der Waals surface area contributed by atoms with Gasteiger partial charge in [-0.05, 0) is 46.2 Å². The van der Waals surface area contributed by atoms with Gasteiger partial charge in [0.15, 0.2) is 0 Å². The van der Waals surface area contributed by atoms with Crippen molar-refractivity contribution in [1.29, 1.82) is 0 Å². The summed E-state index contributed by atoms with van der Waals surface area (Å²) in [5.41, 5.74) is 5.47. The van der Waals surface area contributed by atoms with E-state index >= 15 is 0 Å². The minimum absolute atomic E-state index is 0.109. The van der Waals surface area contributed by atoms with Crippen molar-refractivity contribution in [2.75, 3.05) is 40.3 Å². The summed E-state index contributed by atoms with van der Waals surface area (Å²) in [4.78, 5) is 27.0. The van der Waals surface area contributed by atoms with Crippen LogP contribution >= 0.6 is 0 Å². The van der Waals surface area contributed by atoms with Gasteiger partial charge in [-0.1, -0.05) is 39.0 Å². The normalized spacial score (nSPS) is 12.2. The predicted octanol–water partition coefficient (Wildman–Crippen LogP) is 2.72. The van der Waals surface area contributed by atoms with Gasteiger partial charge in [-0.15, -0.1) is 0 Å². The summed E-state index contributed by atoms with van der Waals surface area (Å²) >= 11 is 0. The van der Waals surface area contributed by atoms with E-state index in [-0.39, 0.29) is 18.0 Å². The standard InChI is InChI=1S/C21H44N4O3/c1-4-5-8-12-19(26)13-11-17-25(21(22)28)16-10-7-6-9-14-20(27)23-15-18-24(2)3/h19,26H,4-18H2,1-3H3,(H2,22,28)(H,23,27). The summed E-state index contributed by atoms with van der Waals surface area (Å²) in [7, 11) is 3.97. The fourth-order valence-corrected chi connectivity index (χ4v) is 3.07. The van der Waals surface area contributed by atoms with E-state index in [2.05, 4.69) is 12.2 Å². The first-order valence-corrected chi connectivity index (χ1v) is 11.0. The van der Waals surface area contributed by atoms with Crippen LogP contribution < -0.4 is 11.1 Å². The molecular weight excluding hydrogens is 356 g/mol. The molecule has 1 atom stereocenters. The van der Waals surface area contributed by atoms with Crippen molar-refractivity contribution < 1.29 is 14.7 Å². The highest BCUT2D eigenvalue weighted by atomic mass is 16.3. The van der Waals surface area contributed by atoms with Crippen molar-refractivity contribution in [2.45, 2.75) is 83.7 Å². The first-order valence-electron chi connectivity index (χ1n) is 11.0. The van der Waals surface area contributed by atoms with Gasteiger partial charge >= 0.3 is 6.03 Å². The summed E-state index contributed by atoms with van der Waals surface area (Å²) in [6, 6.07) is -0.388. The number of nitrogens with two attached hydrogens (primary N) is 1. The molecule has 0 aromatic rings. The average molecular weight is 401 g/mol. The van der Waals surface area contributed by atoms with Crippen LogP contribution in [0.3, 0.4) is 0 Å². The number of carbonyl (C=O) groups is 2. The number of aliphatic hydroxyl groups excluding tert-OH is 1. The molecule has 0 saturated heterocycles. The largest absolute Gasteiger partial charge is 0.393 e. The van der Waals surface area contributed by atoms with Crippen LogP contribution in [-0.4, -0.2) is 73.2 Å².